The van der Waals surface area contributed by atoms with Gasteiger partial charge in [-0.05, 0) is 41.0 Å². The van der Waals surface area contributed by atoms with E-state index in [4.69, 9.17) is 0 Å². The second-order valence-corrected chi connectivity index (χ2v) is 4.78. The first-order valence-electron chi connectivity index (χ1n) is 4.14. The van der Waals surface area contributed by atoms with E-state index in [1.807, 2.05) is 6.07 Å². The zero-order valence-electron chi connectivity index (χ0n) is 7.37. The molecule has 0 fully saturated rings. The molecular formula is C9H9BrINO2. The zero-order chi connectivity index (χ0) is 10.6. The van der Waals surface area contributed by atoms with E-state index in [2.05, 4.69) is 38.5 Å². The molecule has 0 spiro atoms. The van der Waals surface area contributed by atoms with Gasteiger partial charge in [0.2, 0.25) is 0 Å². The minimum Gasteiger partial charge on any atom is -0.258 e. The molecule has 0 unspecified atom stereocenters. The standard InChI is InChI=1S/C9H9BrINO2/c10-5-1-2-7-3-4-8(12(13)14)6-9(7)11/h3-4,6H,1-2,5H2. The second kappa shape index (κ2) is 5.65. The smallest absolute Gasteiger partial charge is 0.258 e. The number of rotatable bonds is 4. The molecule has 0 aliphatic carbocycles. The van der Waals surface area contributed by atoms with Gasteiger partial charge in [0, 0.05) is 21.0 Å². The lowest BCUT2D eigenvalue weighted by molar-refractivity contribution is -0.385. The minimum atomic E-state index is -0.365. The molecule has 1 aromatic carbocycles. The molecule has 14 heavy (non-hydrogen) atoms. The first kappa shape index (κ1) is 11.9. The van der Waals surface area contributed by atoms with Crippen molar-refractivity contribution in [1.82, 2.24) is 0 Å². The Morgan fingerprint density at radius 1 is 1.50 bits per heavy atom. The summed E-state index contributed by atoms with van der Waals surface area (Å²) in [5, 5.41) is 11.4. The van der Waals surface area contributed by atoms with Gasteiger partial charge in [-0.2, -0.15) is 0 Å². The van der Waals surface area contributed by atoms with Crippen LogP contribution in [0.25, 0.3) is 0 Å². The van der Waals surface area contributed by atoms with Crippen LogP contribution < -0.4 is 0 Å². The van der Waals surface area contributed by atoms with Crippen LogP contribution in [0.5, 0.6) is 0 Å². The van der Waals surface area contributed by atoms with Crippen LogP contribution in [0.15, 0.2) is 18.2 Å². The molecule has 0 aliphatic rings. The van der Waals surface area contributed by atoms with Gasteiger partial charge in [-0.1, -0.05) is 22.0 Å². The number of benzene rings is 1. The first-order valence-corrected chi connectivity index (χ1v) is 6.34. The Morgan fingerprint density at radius 3 is 2.71 bits per heavy atom. The Hall–Kier alpha value is -0.170. The van der Waals surface area contributed by atoms with Gasteiger partial charge in [-0.25, -0.2) is 0 Å². The third kappa shape index (κ3) is 3.20. The Kier molecular flexibility index (Phi) is 4.80. The molecule has 0 aromatic heterocycles. The average molecular weight is 370 g/mol. The number of nitro groups is 1. The predicted octanol–water partition coefficient (Wildman–Crippen LogP) is 3.53. The molecule has 0 heterocycles. The number of nitrogens with zero attached hydrogens (tertiary/aromatic N) is 1. The molecule has 76 valence electrons. The molecule has 0 saturated heterocycles. The number of hydrogen-bond donors (Lipinski definition) is 0. The number of hydrogen-bond acceptors (Lipinski definition) is 2. The fourth-order valence-electron chi connectivity index (χ4n) is 1.11. The minimum absolute atomic E-state index is 0.164. The quantitative estimate of drug-likeness (QED) is 0.352. The highest BCUT2D eigenvalue weighted by Crippen LogP contribution is 2.20. The lowest BCUT2D eigenvalue weighted by atomic mass is 10.1. The van der Waals surface area contributed by atoms with Crippen molar-refractivity contribution in [3.63, 3.8) is 0 Å². The molecule has 5 heteroatoms. The van der Waals surface area contributed by atoms with Gasteiger partial charge in [-0.3, -0.25) is 10.1 Å². The van der Waals surface area contributed by atoms with Crippen molar-refractivity contribution in [3.8, 4) is 0 Å². The van der Waals surface area contributed by atoms with E-state index in [1.165, 1.54) is 5.56 Å². The highest BCUT2D eigenvalue weighted by atomic mass is 127. The monoisotopic (exact) mass is 369 g/mol. The van der Waals surface area contributed by atoms with E-state index in [0.29, 0.717) is 0 Å². The van der Waals surface area contributed by atoms with Crippen molar-refractivity contribution in [2.45, 2.75) is 12.8 Å². The third-order valence-electron chi connectivity index (χ3n) is 1.83. The van der Waals surface area contributed by atoms with Crippen LogP contribution in [-0.2, 0) is 6.42 Å². The van der Waals surface area contributed by atoms with Gasteiger partial charge >= 0.3 is 0 Å². The Bertz CT molecular complexity index is 344. The van der Waals surface area contributed by atoms with E-state index in [9.17, 15) is 10.1 Å². The number of aryl methyl sites for hydroxylation is 1. The van der Waals surface area contributed by atoms with E-state index in [1.54, 1.807) is 12.1 Å². The summed E-state index contributed by atoms with van der Waals surface area (Å²) in [5.41, 5.74) is 1.34. The van der Waals surface area contributed by atoms with Crippen molar-refractivity contribution in [2.75, 3.05) is 5.33 Å². The molecular weight excluding hydrogens is 361 g/mol. The maximum absolute atomic E-state index is 10.5. The molecule has 0 N–H and O–H groups in total. The van der Waals surface area contributed by atoms with Crippen LogP contribution >= 0.6 is 38.5 Å². The van der Waals surface area contributed by atoms with Crippen molar-refractivity contribution in [1.29, 1.82) is 0 Å². The normalized spacial score (nSPS) is 10.1. The first-order chi connectivity index (χ1) is 6.65. The largest absolute Gasteiger partial charge is 0.270 e. The van der Waals surface area contributed by atoms with E-state index < -0.39 is 0 Å². The van der Waals surface area contributed by atoms with Crippen LogP contribution in [0.3, 0.4) is 0 Å². The van der Waals surface area contributed by atoms with Crippen LogP contribution in [0.1, 0.15) is 12.0 Å². The summed E-state index contributed by atoms with van der Waals surface area (Å²) in [6, 6.07) is 5.01. The van der Waals surface area contributed by atoms with Crippen molar-refractivity contribution < 1.29 is 4.92 Å². The highest BCUT2D eigenvalue weighted by molar-refractivity contribution is 14.1. The van der Waals surface area contributed by atoms with Crippen molar-refractivity contribution >= 4 is 44.2 Å². The molecule has 0 atom stereocenters. The summed E-state index contributed by atoms with van der Waals surface area (Å²) in [6.45, 7) is 0. The Balaban J connectivity index is 2.84. The summed E-state index contributed by atoms with van der Waals surface area (Å²) >= 11 is 5.50. The maximum atomic E-state index is 10.5. The Morgan fingerprint density at radius 2 is 2.21 bits per heavy atom. The topological polar surface area (TPSA) is 43.1 Å². The summed E-state index contributed by atoms with van der Waals surface area (Å²) in [5.74, 6) is 0. The fourth-order valence-corrected chi connectivity index (χ4v) is 2.16. The van der Waals surface area contributed by atoms with E-state index in [-0.39, 0.29) is 10.6 Å². The summed E-state index contributed by atoms with van der Waals surface area (Å²) in [4.78, 5) is 10.1. The van der Waals surface area contributed by atoms with Gasteiger partial charge in [0.1, 0.15) is 0 Å². The lowest BCUT2D eigenvalue weighted by Crippen LogP contribution is -1.93. The van der Waals surface area contributed by atoms with Crippen molar-refractivity contribution in [2.24, 2.45) is 0 Å². The number of non-ortho nitro benzene ring substituents is 1. The summed E-state index contributed by atoms with van der Waals surface area (Å²) in [7, 11) is 0. The van der Waals surface area contributed by atoms with Crippen LogP contribution in [0, 0.1) is 13.7 Å². The summed E-state index contributed by atoms with van der Waals surface area (Å²) < 4.78 is 0.970. The van der Waals surface area contributed by atoms with E-state index >= 15 is 0 Å². The molecule has 1 rings (SSSR count). The third-order valence-corrected chi connectivity index (χ3v) is 3.39. The van der Waals surface area contributed by atoms with E-state index in [0.717, 1.165) is 21.7 Å². The maximum Gasteiger partial charge on any atom is 0.270 e. The zero-order valence-corrected chi connectivity index (χ0v) is 11.1. The molecule has 0 amide bonds. The number of nitro benzene ring substituents is 1. The predicted molar refractivity (Wildman–Crippen MR) is 67.9 cm³/mol. The van der Waals surface area contributed by atoms with Crippen LogP contribution in [0.4, 0.5) is 5.69 Å². The lowest BCUT2D eigenvalue weighted by Gasteiger charge is -2.02. The molecule has 0 bridgehead atoms. The average Bonchev–Trinajstić information content (AvgIpc) is 2.15. The van der Waals surface area contributed by atoms with Crippen LogP contribution in [-0.4, -0.2) is 10.3 Å². The van der Waals surface area contributed by atoms with Gasteiger partial charge in [0.05, 0.1) is 4.92 Å². The number of alkyl halides is 1. The number of halogens is 2. The second-order valence-electron chi connectivity index (χ2n) is 2.83. The van der Waals surface area contributed by atoms with Gasteiger partial charge < -0.3 is 0 Å². The molecule has 1 aromatic rings. The molecule has 0 aliphatic heterocycles. The highest BCUT2D eigenvalue weighted by Gasteiger charge is 2.08. The Labute approximate surface area is 104 Å². The molecule has 0 radical (unpaired) electrons. The molecule has 0 saturated carbocycles. The van der Waals surface area contributed by atoms with Gasteiger partial charge in [0.15, 0.2) is 0 Å². The summed E-state index contributed by atoms with van der Waals surface area (Å²) in [6.07, 6.45) is 2.01. The van der Waals surface area contributed by atoms with Crippen LogP contribution in [0.2, 0.25) is 0 Å². The molecule has 3 nitrogen and oxygen atoms in total. The van der Waals surface area contributed by atoms with Gasteiger partial charge in [-0.15, -0.1) is 0 Å². The van der Waals surface area contributed by atoms with Gasteiger partial charge in [0.25, 0.3) is 5.69 Å². The fraction of sp³-hybridized carbons (Fsp3) is 0.333. The van der Waals surface area contributed by atoms with Crippen molar-refractivity contribution in [3.05, 3.63) is 37.4 Å². The SMILES string of the molecule is O=[N+]([O-])c1ccc(CCCBr)c(I)c1.